The van der Waals surface area contributed by atoms with E-state index in [1.807, 2.05) is 19.2 Å². The molecule has 4 nitrogen and oxygen atoms in total. The van der Waals surface area contributed by atoms with Crippen LogP contribution in [-0.2, 0) is 0 Å². The summed E-state index contributed by atoms with van der Waals surface area (Å²) in [6.45, 7) is 4.19. The largest absolute Gasteiger partial charge is 0.466 e. The van der Waals surface area contributed by atoms with E-state index in [-0.39, 0.29) is 0 Å². The molecule has 1 aromatic heterocycles. The third-order valence-electron chi connectivity index (χ3n) is 5.04. The Bertz CT molecular complexity index is 484. The third kappa shape index (κ3) is 6.77. The molecule has 1 unspecified atom stereocenters. The minimum atomic E-state index is -0.669. The Morgan fingerprint density at radius 2 is 1.68 bits per heavy atom. The average molecular weight is 349 g/mol. The molecule has 0 bridgehead atoms. The molecule has 1 aliphatic rings. The van der Waals surface area contributed by atoms with E-state index in [4.69, 9.17) is 4.42 Å². The fourth-order valence-corrected chi connectivity index (χ4v) is 3.49. The summed E-state index contributed by atoms with van der Waals surface area (Å²) >= 11 is 0. The average Bonchev–Trinajstić information content (AvgIpc) is 3.26. The highest BCUT2D eigenvalue weighted by molar-refractivity contribution is 5.19. The van der Waals surface area contributed by atoms with Crippen LogP contribution in [0.1, 0.15) is 83.0 Å². The lowest BCUT2D eigenvalue weighted by Gasteiger charge is -2.20. The van der Waals surface area contributed by atoms with Crippen molar-refractivity contribution in [2.45, 2.75) is 77.2 Å². The fraction of sp³-hybridized carbons (Fsp3) is 0.714. The second kappa shape index (κ2) is 11.2. The summed E-state index contributed by atoms with van der Waals surface area (Å²) < 4.78 is 5.32. The van der Waals surface area contributed by atoms with E-state index in [0.717, 1.165) is 18.9 Å². The van der Waals surface area contributed by atoms with Crippen molar-refractivity contribution in [3.05, 3.63) is 36.1 Å². The minimum Gasteiger partial charge on any atom is -0.466 e. The molecule has 1 aliphatic heterocycles. The first-order chi connectivity index (χ1) is 12.2. The van der Waals surface area contributed by atoms with E-state index in [2.05, 4.69) is 22.9 Å². The highest BCUT2D eigenvalue weighted by Gasteiger charge is 2.25. The van der Waals surface area contributed by atoms with Gasteiger partial charge in [0, 0.05) is 19.8 Å². The van der Waals surface area contributed by atoms with Crippen LogP contribution in [0.4, 0.5) is 0 Å². The van der Waals surface area contributed by atoms with Gasteiger partial charge in [0.25, 0.3) is 0 Å². The first kappa shape index (κ1) is 19.9. The molecule has 4 heteroatoms. The van der Waals surface area contributed by atoms with Crippen LogP contribution in [0.5, 0.6) is 0 Å². The van der Waals surface area contributed by atoms with Crippen molar-refractivity contribution in [3.8, 4) is 0 Å². The summed E-state index contributed by atoms with van der Waals surface area (Å²) in [6, 6.07) is 3.64. The van der Waals surface area contributed by atoms with Gasteiger partial charge in [0.1, 0.15) is 5.76 Å². The maximum atomic E-state index is 10.4. The maximum absolute atomic E-state index is 10.4. The Balaban J connectivity index is 1.56. The van der Waals surface area contributed by atoms with E-state index in [9.17, 15) is 5.11 Å². The fourth-order valence-electron chi connectivity index (χ4n) is 3.49. The van der Waals surface area contributed by atoms with Crippen molar-refractivity contribution in [3.63, 3.8) is 0 Å². The van der Waals surface area contributed by atoms with Crippen LogP contribution in [0.15, 0.2) is 34.7 Å². The Labute approximate surface area is 153 Å². The van der Waals surface area contributed by atoms with E-state index >= 15 is 0 Å². The highest BCUT2D eigenvalue weighted by atomic mass is 16.4. The second-order valence-electron chi connectivity index (χ2n) is 7.31. The zero-order valence-corrected chi connectivity index (χ0v) is 16.1. The maximum Gasteiger partial charge on any atom is 0.153 e. The van der Waals surface area contributed by atoms with Gasteiger partial charge in [-0.3, -0.25) is 0 Å². The van der Waals surface area contributed by atoms with Crippen LogP contribution in [0.2, 0.25) is 0 Å². The van der Waals surface area contributed by atoms with Gasteiger partial charge in [0.05, 0.1) is 18.6 Å². The molecule has 0 amide bonds. The number of hydrogen-bond donors (Lipinski definition) is 1. The third-order valence-corrected chi connectivity index (χ3v) is 5.04. The minimum absolute atomic E-state index is 0.610. The van der Waals surface area contributed by atoms with Crippen molar-refractivity contribution in [2.75, 3.05) is 20.3 Å². The zero-order valence-electron chi connectivity index (χ0n) is 16.1. The molecular formula is C21H36N2O2. The van der Waals surface area contributed by atoms with Crippen molar-refractivity contribution in [1.82, 2.24) is 9.80 Å². The summed E-state index contributed by atoms with van der Waals surface area (Å²) in [4.78, 5) is 4.40. The summed E-state index contributed by atoms with van der Waals surface area (Å²) in [6.07, 6.45) is 16.7. The van der Waals surface area contributed by atoms with Crippen LogP contribution in [0.3, 0.4) is 0 Å². The quantitative estimate of drug-likeness (QED) is 0.492. The van der Waals surface area contributed by atoms with E-state index in [1.165, 1.54) is 64.2 Å². The van der Waals surface area contributed by atoms with Crippen molar-refractivity contribution in [2.24, 2.45) is 0 Å². The second-order valence-corrected chi connectivity index (χ2v) is 7.31. The lowest BCUT2D eigenvalue weighted by atomic mass is 10.1. The Hall–Kier alpha value is -1.42. The van der Waals surface area contributed by atoms with Gasteiger partial charge in [-0.2, -0.15) is 0 Å². The Morgan fingerprint density at radius 3 is 2.28 bits per heavy atom. The van der Waals surface area contributed by atoms with Gasteiger partial charge in [-0.25, -0.2) is 0 Å². The molecule has 0 radical (unpaired) electrons. The standard InChI is InChI=1S/C21H36N2O2/c1-3-4-5-6-7-8-9-10-11-12-15-23-17-19(22(2)18-23)21(24)20-14-13-16-25-20/h13-14,16-17,21,24H,3-12,15,18H2,1-2H3. The van der Waals surface area contributed by atoms with Gasteiger partial charge in [-0.05, 0) is 18.6 Å². The summed E-state index contributed by atoms with van der Waals surface area (Å²) in [5.74, 6) is 0.610. The van der Waals surface area contributed by atoms with Gasteiger partial charge >= 0.3 is 0 Å². The van der Waals surface area contributed by atoms with Crippen LogP contribution >= 0.6 is 0 Å². The number of likely N-dealkylation sites (N-methyl/N-ethyl adjacent to an activating group) is 1. The molecule has 0 spiro atoms. The Morgan fingerprint density at radius 1 is 1.04 bits per heavy atom. The first-order valence-corrected chi connectivity index (χ1v) is 10.1. The molecule has 2 rings (SSSR count). The Kier molecular flexibility index (Phi) is 8.95. The van der Waals surface area contributed by atoms with Crippen molar-refractivity contribution >= 4 is 0 Å². The lowest BCUT2D eigenvalue weighted by Crippen LogP contribution is -2.25. The SMILES string of the molecule is CCCCCCCCCCCCN1C=C(C(O)c2ccco2)N(C)C1. The smallest absolute Gasteiger partial charge is 0.153 e. The van der Waals surface area contributed by atoms with Gasteiger partial charge in [-0.15, -0.1) is 0 Å². The van der Waals surface area contributed by atoms with Gasteiger partial charge in [0.2, 0.25) is 0 Å². The number of hydrogen-bond acceptors (Lipinski definition) is 4. The van der Waals surface area contributed by atoms with Gasteiger partial charge < -0.3 is 19.3 Å². The molecule has 25 heavy (non-hydrogen) atoms. The molecular weight excluding hydrogens is 312 g/mol. The molecule has 0 saturated carbocycles. The number of aliphatic hydroxyl groups excluding tert-OH is 1. The van der Waals surface area contributed by atoms with Crippen LogP contribution in [0, 0.1) is 0 Å². The van der Waals surface area contributed by atoms with Crippen LogP contribution < -0.4 is 0 Å². The van der Waals surface area contributed by atoms with Crippen molar-refractivity contribution in [1.29, 1.82) is 0 Å². The zero-order chi connectivity index (χ0) is 17.9. The highest BCUT2D eigenvalue weighted by Crippen LogP contribution is 2.28. The van der Waals surface area contributed by atoms with E-state index in [1.54, 1.807) is 6.26 Å². The normalized spacial score (nSPS) is 15.7. The number of rotatable bonds is 13. The molecule has 0 fully saturated rings. The molecule has 2 heterocycles. The molecule has 1 aromatic rings. The van der Waals surface area contributed by atoms with Gasteiger partial charge in [0.15, 0.2) is 6.10 Å². The van der Waals surface area contributed by atoms with Crippen LogP contribution in [0.25, 0.3) is 0 Å². The number of nitrogens with zero attached hydrogens (tertiary/aromatic N) is 2. The summed E-state index contributed by atoms with van der Waals surface area (Å²) in [5.41, 5.74) is 0.919. The van der Waals surface area contributed by atoms with Crippen LogP contribution in [-0.4, -0.2) is 35.2 Å². The molecule has 0 aromatic carbocycles. The van der Waals surface area contributed by atoms with Gasteiger partial charge in [-0.1, -0.05) is 64.7 Å². The number of aliphatic hydroxyl groups is 1. The molecule has 0 saturated heterocycles. The first-order valence-electron chi connectivity index (χ1n) is 10.1. The van der Waals surface area contributed by atoms with E-state index in [0.29, 0.717) is 5.76 Å². The summed E-state index contributed by atoms with van der Waals surface area (Å²) in [5, 5.41) is 10.4. The monoisotopic (exact) mass is 348 g/mol. The summed E-state index contributed by atoms with van der Waals surface area (Å²) in [7, 11) is 2.02. The molecule has 1 N–H and O–H groups in total. The molecule has 142 valence electrons. The predicted octanol–water partition coefficient (Wildman–Crippen LogP) is 5.28. The predicted molar refractivity (Wildman–Crippen MR) is 103 cm³/mol. The molecule has 1 atom stereocenters. The molecule has 0 aliphatic carbocycles. The number of unbranched alkanes of at least 4 members (excludes halogenated alkanes) is 9. The van der Waals surface area contributed by atoms with E-state index < -0.39 is 6.10 Å². The van der Waals surface area contributed by atoms with Crippen molar-refractivity contribution < 1.29 is 9.52 Å². The number of furan rings is 1. The lowest BCUT2D eigenvalue weighted by molar-refractivity contribution is 0.151. The topological polar surface area (TPSA) is 39.9 Å².